The van der Waals surface area contributed by atoms with E-state index >= 15 is 0 Å². The molecule has 11 heteroatoms. The van der Waals surface area contributed by atoms with Crippen LogP contribution < -0.4 is 10.2 Å². The van der Waals surface area contributed by atoms with E-state index in [0.717, 1.165) is 9.42 Å². The standard InChI is InChI=1S/C16H16F5N5O/c1-8-4-12-22-6-11-13(26(12)24-8)10(16(19,20)21)7-25(11)14(27)23-9-2-3-15(17,18)5-9/h4,6,9-10H,2-3,5,7H2,1H3,(H,23,27)/t9-,10+/m0/s1. The molecule has 0 aromatic carbocycles. The lowest BCUT2D eigenvalue weighted by Crippen LogP contribution is -2.44. The molecule has 2 atom stereocenters. The maximum absolute atomic E-state index is 13.6. The number of nitrogens with one attached hydrogen (secondary N) is 1. The number of fused-ring (bicyclic) bond motifs is 3. The first-order chi connectivity index (χ1) is 12.5. The highest BCUT2D eigenvalue weighted by atomic mass is 19.4. The van der Waals surface area contributed by atoms with Gasteiger partial charge in [0, 0.05) is 31.5 Å². The number of hydrogen-bond donors (Lipinski definition) is 1. The highest BCUT2D eigenvalue weighted by Gasteiger charge is 2.51. The van der Waals surface area contributed by atoms with E-state index in [9.17, 15) is 26.7 Å². The summed E-state index contributed by atoms with van der Waals surface area (Å²) in [5.41, 5.74) is 0.550. The van der Waals surface area contributed by atoms with Crippen LogP contribution in [0.5, 0.6) is 0 Å². The van der Waals surface area contributed by atoms with Gasteiger partial charge < -0.3 is 5.32 Å². The van der Waals surface area contributed by atoms with Crippen molar-refractivity contribution in [1.29, 1.82) is 0 Å². The van der Waals surface area contributed by atoms with Crippen molar-refractivity contribution < 1.29 is 26.7 Å². The van der Waals surface area contributed by atoms with Crippen LogP contribution in [0.15, 0.2) is 12.3 Å². The zero-order valence-corrected chi connectivity index (χ0v) is 14.2. The van der Waals surface area contributed by atoms with E-state index in [1.54, 1.807) is 6.92 Å². The van der Waals surface area contributed by atoms with E-state index in [4.69, 9.17) is 0 Å². The summed E-state index contributed by atoms with van der Waals surface area (Å²) >= 11 is 0. The number of carbonyl (C=O) groups excluding carboxylic acids is 1. The molecule has 4 rings (SSSR count). The lowest BCUT2D eigenvalue weighted by Gasteiger charge is -2.21. The van der Waals surface area contributed by atoms with Crippen LogP contribution >= 0.6 is 0 Å². The minimum absolute atomic E-state index is 0.0183. The third kappa shape index (κ3) is 3.08. The van der Waals surface area contributed by atoms with Crippen LogP contribution in [0, 0.1) is 6.92 Å². The monoisotopic (exact) mass is 389 g/mol. The van der Waals surface area contributed by atoms with Gasteiger partial charge in [-0.1, -0.05) is 0 Å². The van der Waals surface area contributed by atoms with E-state index in [2.05, 4.69) is 15.4 Å². The van der Waals surface area contributed by atoms with Crippen molar-refractivity contribution in [2.24, 2.45) is 0 Å². The van der Waals surface area contributed by atoms with Gasteiger partial charge in [-0.3, -0.25) is 4.90 Å². The molecule has 0 spiro atoms. The summed E-state index contributed by atoms with van der Waals surface area (Å²) in [6.45, 7) is 0.983. The van der Waals surface area contributed by atoms with E-state index in [1.807, 2.05) is 0 Å². The molecule has 2 aliphatic rings. The minimum Gasteiger partial charge on any atom is -0.335 e. The van der Waals surface area contributed by atoms with Crippen molar-refractivity contribution in [3.63, 3.8) is 0 Å². The number of alkyl halides is 5. The van der Waals surface area contributed by atoms with E-state index < -0.39 is 43.1 Å². The summed E-state index contributed by atoms with van der Waals surface area (Å²) in [7, 11) is 0. The van der Waals surface area contributed by atoms with E-state index in [1.165, 1.54) is 12.3 Å². The molecule has 146 valence electrons. The van der Waals surface area contributed by atoms with Gasteiger partial charge in [0.25, 0.3) is 0 Å². The predicted molar refractivity (Wildman–Crippen MR) is 85.0 cm³/mol. The molecule has 2 amide bonds. The molecule has 0 radical (unpaired) electrons. The van der Waals surface area contributed by atoms with Crippen LogP contribution in [0.3, 0.4) is 0 Å². The number of aromatic nitrogens is 3. The van der Waals surface area contributed by atoms with Crippen LogP contribution in [0.2, 0.25) is 0 Å². The summed E-state index contributed by atoms with van der Waals surface area (Å²) in [5.74, 6) is -4.80. The van der Waals surface area contributed by atoms with Crippen LogP contribution in [0.4, 0.5) is 32.4 Å². The lowest BCUT2D eigenvalue weighted by molar-refractivity contribution is -0.147. The van der Waals surface area contributed by atoms with Gasteiger partial charge in [0.2, 0.25) is 5.92 Å². The quantitative estimate of drug-likeness (QED) is 0.761. The number of amides is 2. The maximum Gasteiger partial charge on any atom is 0.399 e. The molecule has 0 bridgehead atoms. The third-order valence-corrected chi connectivity index (χ3v) is 4.98. The van der Waals surface area contributed by atoms with E-state index in [-0.39, 0.29) is 29.9 Å². The number of urea groups is 1. The Morgan fingerprint density at radius 1 is 1.37 bits per heavy atom. The van der Waals surface area contributed by atoms with Gasteiger partial charge in [-0.25, -0.2) is 23.1 Å². The Bertz CT molecular complexity index is 908. The van der Waals surface area contributed by atoms with Crippen LogP contribution in [-0.4, -0.2) is 45.3 Å². The van der Waals surface area contributed by atoms with Crippen molar-refractivity contribution in [2.75, 3.05) is 11.4 Å². The van der Waals surface area contributed by atoms with Gasteiger partial charge >= 0.3 is 12.2 Å². The molecule has 0 unspecified atom stereocenters. The summed E-state index contributed by atoms with van der Waals surface area (Å²) < 4.78 is 68.5. The third-order valence-electron chi connectivity index (χ3n) is 4.98. The summed E-state index contributed by atoms with van der Waals surface area (Å²) in [5, 5.41) is 6.49. The van der Waals surface area contributed by atoms with Crippen molar-refractivity contribution >= 4 is 17.4 Å². The largest absolute Gasteiger partial charge is 0.399 e. The first-order valence-electron chi connectivity index (χ1n) is 8.43. The Morgan fingerprint density at radius 2 is 2.11 bits per heavy atom. The number of carbonyl (C=O) groups is 1. The van der Waals surface area contributed by atoms with Gasteiger partial charge in [-0.15, -0.1) is 0 Å². The molecule has 1 N–H and O–H groups in total. The average Bonchev–Trinajstić information content (AvgIpc) is 3.19. The fourth-order valence-corrected chi connectivity index (χ4v) is 3.74. The number of rotatable bonds is 1. The smallest absolute Gasteiger partial charge is 0.335 e. The Kier molecular flexibility index (Phi) is 3.83. The number of anilines is 1. The summed E-state index contributed by atoms with van der Waals surface area (Å²) in [6.07, 6.45) is -4.19. The zero-order valence-electron chi connectivity index (χ0n) is 14.2. The Hall–Kier alpha value is -2.46. The zero-order chi connectivity index (χ0) is 19.6. The van der Waals surface area contributed by atoms with Crippen LogP contribution in [0.1, 0.15) is 36.6 Å². The molecule has 1 aliphatic carbocycles. The first kappa shape index (κ1) is 17.9. The molecule has 2 aromatic rings. The van der Waals surface area contributed by atoms with Crippen molar-refractivity contribution in [3.05, 3.63) is 23.7 Å². The van der Waals surface area contributed by atoms with Gasteiger partial charge in [0.05, 0.1) is 23.3 Å². The molecule has 3 heterocycles. The van der Waals surface area contributed by atoms with Crippen molar-refractivity contribution in [1.82, 2.24) is 19.9 Å². The second kappa shape index (κ2) is 5.77. The number of nitrogens with zero attached hydrogens (tertiary/aromatic N) is 4. The van der Waals surface area contributed by atoms with Crippen LogP contribution in [0.25, 0.3) is 5.65 Å². The summed E-state index contributed by atoms with van der Waals surface area (Å²) in [4.78, 5) is 17.5. The Labute approximate surface area is 150 Å². The van der Waals surface area contributed by atoms with Crippen molar-refractivity contribution in [3.8, 4) is 0 Å². The highest BCUT2D eigenvalue weighted by Crippen LogP contribution is 2.45. The van der Waals surface area contributed by atoms with Crippen LogP contribution in [-0.2, 0) is 0 Å². The number of halogens is 5. The molecule has 1 fully saturated rings. The predicted octanol–water partition coefficient (Wildman–Crippen LogP) is 3.40. The molecule has 0 saturated heterocycles. The summed E-state index contributed by atoms with van der Waals surface area (Å²) in [6, 6.07) is -0.0721. The van der Waals surface area contributed by atoms with Gasteiger partial charge in [0.15, 0.2) is 5.65 Å². The minimum atomic E-state index is -4.60. The second-order valence-electron chi connectivity index (χ2n) is 7.03. The normalized spacial score (nSPS) is 24.4. The topological polar surface area (TPSA) is 62.5 Å². The Balaban J connectivity index is 1.68. The molecular weight excluding hydrogens is 373 g/mol. The SMILES string of the molecule is Cc1cc2ncc3c(n2n1)[C@H](C(F)(F)F)CN3C(=O)N[C@H]1CCC(F)(F)C1. The molecular formula is C16H16F5N5O. The molecule has 1 saturated carbocycles. The lowest BCUT2D eigenvalue weighted by atomic mass is 10.1. The first-order valence-corrected chi connectivity index (χ1v) is 8.43. The van der Waals surface area contributed by atoms with E-state index in [0.29, 0.717) is 5.69 Å². The molecule has 6 nitrogen and oxygen atoms in total. The maximum atomic E-state index is 13.6. The molecule has 2 aromatic heterocycles. The van der Waals surface area contributed by atoms with Gasteiger partial charge in [0.1, 0.15) is 5.92 Å². The van der Waals surface area contributed by atoms with Gasteiger partial charge in [-0.2, -0.15) is 18.3 Å². The fourth-order valence-electron chi connectivity index (χ4n) is 3.74. The van der Waals surface area contributed by atoms with Crippen molar-refractivity contribution in [2.45, 2.75) is 50.2 Å². The number of hydrogen-bond acceptors (Lipinski definition) is 3. The Morgan fingerprint density at radius 3 is 2.74 bits per heavy atom. The molecule has 1 aliphatic heterocycles. The second-order valence-corrected chi connectivity index (χ2v) is 7.03. The number of aryl methyl sites for hydroxylation is 1. The average molecular weight is 389 g/mol. The highest BCUT2D eigenvalue weighted by molar-refractivity contribution is 5.94. The molecule has 27 heavy (non-hydrogen) atoms. The fraction of sp³-hybridized carbons (Fsp3) is 0.562. The van der Waals surface area contributed by atoms with Gasteiger partial charge in [-0.05, 0) is 13.3 Å².